The third kappa shape index (κ3) is 4.13. The number of rotatable bonds is 5. The molecular weight excluding hydrogens is 316 g/mol. The smallest absolute Gasteiger partial charge is 0.356 e. The topological polar surface area (TPSA) is 97.2 Å². The highest BCUT2D eigenvalue weighted by atomic mass is 32.2. The molecule has 2 aromatic rings. The zero-order valence-electron chi connectivity index (χ0n) is 13.2. The zero-order valence-corrected chi connectivity index (χ0v) is 14.0. The maximum Gasteiger partial charge on any atom is 0.356 e. The fraction of sp³-hybridized carbons (Fsp3) is 0.312. The number of carbonyl (C=O) groups is 1. The number of nitrogens with zero attached hydrogens (tertiary/aromatic N) is 2. The van der Waals surface area contributed by atoms with Crippen LogP contribution in [-0.4, -0.2) is 29.5 Å². The second-order valence-corrected chi connectivity index (χ2v) is 7.63. The number of aromatic nitrogens is 2. The van der Waals surface area contributed by atoms with Crippen LogP contribution in [-0.2, 0) is 21.3 Å². The van der Waals surface area contributed by atoms with Gasteiger partial charge < -0.3 is 5.11 Å². The Bertz CT molecular complexity index is 837. The Hall–Kier alpha value is -2.28. The van der Waals surface area contributed by atoms with Gasteiger partial charge in [0.15, 0.2) is 15.5 Å². The normalized spacial score (nSPS) is 11.4. The van der Waals surface area contributed by atoms with E-state index in [1.807, 2.05) is 32.9 Å². The maximum absolute atomic E-state index is 12.5. The van der Waals surface area contributed by atoms with Crippen LogP contribution < -0.4 is 0 Å². The van der Waals surface area contributed by atoms with Gasteiger partial charge in [0.2, 0.25) is 0 Å². The van der Waals surface area contributed by atoms with Crippen molar-refractivity contribution >= 4 is 15.8 Å². The second-order valence-electron chi connectivity index (χ2n) is 5.57. The number of hydrogen-bond donors (Lipinski definition) is 1. The lowest BCUT2D eigenvalue weighted by molar-refractivity contribution is 0.0689. The van der Waals surface area contributed by atoms with E-state index in [-0.39, 0.29) is 17.1 Å². The van der Waals surface area contributed by atoms with E-state index in [1.54, 1.807) is 0 Å². The van der Waals surface area contributed by atoms with Crippen LogP contribution in [0.5, 0.6) is 0 Å². The predicted octanol–water partition coefficient (Wildman–Crippen LogP) is 2.22. The van der Waals surface area contributed by atoms with Crippen LogP contribution >= 0.6 is 0 Å². The Morgan fingerprint density at radius 3 is 2.17 bits per heavy atom. The quantitative estimate of drug-likeness (QED) is 0.900. The second kappa shape index (κ2) is 6.45. The summed E-state index contributed by atoms with van der Waals surface area (Å²) >= 11 is 0. The number of carboxylic acids is 1. The summed E-state index contributed by atoms with van der Waals surface area (Å²) in [6.07, 6.45) is 2.52. The van der Waals surface area contributed by atoms with E-state index in [2.05, 4.69) is 9.97 Å². The largest absolute Gasteiger partial charge is 0.476 e. The van der Waals surface area contributed by atoms with Crippen molar-refractivity contribution in [3.05, 3.63) is 58.2 Å². The van der Waals surface area contributed by atoms with Gasteiger partial charge in [-0.25, -0.2) is 18.2 Å². The van der Waals surface area contributed by atoms with Gasteiger partial charge in [-0.15, -0.1) is 0 Å². The molecule has 23 heavy (non-hydrogen) atoms. The molecule has 0 aliphatic heterocycles. The van der Waals surface area contributed by atoms with Crippen LogP contribution in [0, 0.1) is 20.8 Å². The molecule has 0 saturated carbocycles. The molecule has 0 bridgehead atoms. The molecule has 122 valence electrons. The van der Waals surface area contributed by atoms with Crippen molar-refractivity contribution in [3.8, 4) is 0 Å². The van der Waals surface area contributed by atoms with Gasteiger partial charge in [0.05, 0.1) is 17.2 Å². The monoisotopic (exact) mass is 334 g/mol. The van der Waals surface area contributed by atoms with Crippen LogP contribution in [0.4, 0.5) is 0 Å². The first-order chi connectivity index (χ1) is 10.7. The standard InChI is InChI=1S/C16H18N2O4S/c1-10-6-11(2)13(12(3)7-10)8-23(21,22)9-14-15(16(19)20)18-5-4-17-14/h4-7H,8-9H2,1-3H3,(H,19,20). The van der Waals surface area contributed by atoms with Gasteiger partial charge in [0.25, 0.3) is 0 Å². The van der Waals surface area contributed by atoms with E-state index in [1.165, 1.54) is 12.4 Å². The lowest BCUT2D eigenvalue weighted by atomic mass is 10.0. The fourth-order valence-corrected chi connectivity index (χ4v) is 4.19. The predicted molar refractivity (Wildman–Crippen MR) is 86.0 cm³/mol. The molecule has 0 fully saturated rings. The average molecular weight is 334 g/mol. The number of aryl methyl sites for hydroxylation is 3. The van der Waals surface area contributed by atoms with Gasteiger partial charge in [0.1, 0.15) is 0 Å². The number of carboxylic acid groups (broad SMARTS) is 1. The van der Waals surface area contributed by atoms with Crippen LogP contribution in [0.3, 0.4) is 0 Å². The molecule has 2 rings (SSSR count). The highest BCUT2D eigenvalue weighted by molar-refractivity contribution is 7.89. The molecule has 1 aromatic carbocycles. The summed E-state index contributed by atoms with van der Waals surface area (Å²) in [5, 5.41) is 9.07. The van der Waals surface area contributed by atoms with E-state index >= 15 is 0 Å². The van der Waals surface area contributed by atoms with E-state index in [0.29, 0.717) is 0 Å². The Kier molecular flexibility index (Phi) is 4.79. The van der Waals surface area contributed by atoms with Crippen molar-refractivity contribution in [2.75, 3.05) is 0 Å². The van der Waals surface area contributed by atoms with Gasteiger partial charge in [0, 0.05) is 12.4 Å². The Labute approximate surface area is 135 Å². The first-order valence-corrected chi connectivity index (χ1v) is 8.82. The van der Waals surface area contributed by atoms with E-state index in [9.17, 15) is 13.2 Å². The van der Waals surface area contributed by atoms with Gasteiger partial charge in [-0.3, -0.25) is 4.98 Å². The molecule has 7 heteroatoms. The molecule has 0 aliphatic carbocycles. The van der Waals surface area contributed by atoms with Crippen LogP contribution in [0.15, 0.2) is 24.5 Å². The third-order valence-corrected chi connectivity index (χ3v) is 4.98. The average Bonchev–Trinajstić information content (AvgIpc) is 2.43. The van der Waals surface area contributed by atoms with E-state index in [0.717, 1.165) is 22.3 Å². The molecule has 0 unspecified atom stereocenters. The molecule has 1 N–H and O–H groups in total. The molecule has 0 radical (unpaired) electrons. The summed E-state index contributed by atoms with van der Waals surface area (Å²) < 4.78 is 24.9. The fourth-order valence-electron chi connectivity index (χ4n) is 2.57. The van der Waals surface area contributed by atoms with Gasteiger partial charge in [-0.1, -0.05) is 17.7 Å². The number of aromatic carboxylic acids is 1. The van der Waals surface area contributed by atoms with Gasteiger partial charge in [-0.05, 0) is 37.5 Å². The van der Waals surface area contributed by atoms with Crippen molar-refractivity contribution in [3.63, 3.8) is 0 Å². The zero-order chi connectivity index (χ0) is 17.2. The van der Waals surface area contributed by atoms with Crippen molar-refractivity contribution < 1.29 is 18.3 Å². The van der Waals surface area contributed by atoms with Crippen LogP contribution in [0.1, 0.15) is 38.4 Å². The minimum absolute atomic E-state index is 0.0394. The molecule has 6 nitrogen and oxygen atoms in total. The third-order valence-electron chi connectivity index (χ3n) is 3.54. The van der Waals surface area contributed by atoms with E-state index < -0.39 is 21.6 Å². The van der Waals surface area contributed by atoms with Gasteiger partial charge in [-0.2, -0.15) is 0 Å². The molecule has 0 atom stereocenters. The maximum atomic E-state index is 12.5. The van der Waals surface area contributed by atoms with Crippen molar-refractivity contribution in [1.82, 2.24) is 9.97 Å². The Balaban J connectivity index is 2.33. The molecule has 0 spiro atoms. The first kappa shape index (κ1) is 17.1. The summed E-state index contributed by atoms with van der Waals surface area (Å²) in [6.45, 7) is 5.70. The minimum Gasteiger partial charge on any atom is -0.476 e. The molecule has 1 heterocycles. The molecule has 0 aliphatic rings. The minimum atomic E-state index is -3.57. The lowest BCUT2D eigenvalue weighted by Crippen LogP contribution is -2.15. The van der Waals surface area contributed by atoms with Gasteiger partial charge >= 0.3 is 5.97 Å². The number of sulfone groups is 1. The van der Waals surface area contributed by atoms with Crippen LogP contribution in [0.2, 0.25) is 0 Å². The highest BCUT2D eigenvalue weighted by Gasteiger charge is 2.21. The number of benzene rings is 1. The van der Waals surface area contributed by atoms with Crippen molar-refractivity contribution in [2.24, 2.45) is 0 Å². The lowest BCUT2D eigenvalue weighted by Gasteiger charge is -2.12. The summed E-state index contributed by atoms with van der Waals surface area (Å²) in [7, 11) is -3.57. The molecule has 0 saturated heterocycles. The SMILES string of the molecule is Cc1cc(C)c(CS(=O)(=O)Cc2nccnc2C(=O)O)c(C)c1. The number of hydrogen-bond acceptors (Lipinski definition) is 5. The highest BCUT2D eigenvalue weighted by Crippen LogP contribution is 2.21. The van der Waals surface area contributed by atoms with Crippen molar-refractivity contribution in [1.29, 1.82) is 0 Å². The molecular formula is C16H18N2O4S. The summed E-state index contributed by atoms with van der Waals surface area (Å²) in [6, 6.07) is 3.87. The summed E-state index contributed by atoms with van der Waals surface area (Å²) in [4.78, 5) is 18.7. The molecule has 0 amide bonds. The summed E-state index contributed by atoms with van der Waals surface area (Å²) in [5.74, 6) is -1.89. The van der Waals surface area contributed by atoms with Crippen LogP contribution in [0.25, 0.3) is 0 Å². The van der Waals surface area contributed by atoms with Crippen molar-refractivity contribution in [2.45, 2.75) is 32.3 Å². The first-order valence-electron chi connectivity index (χ1n) is 7.00. The molecule has 1 aromatic heterocycles. The Morgan fingerprint density at radius 1 is 1.04 bits per heavy atom. The Morgan fingerprint density at radius 2 is 1.61 bits per heavy atom. The van der Waals surface area contributed by atoms with E-state index in [4.69, 9.17) is 5.11 Å². The summed E-state index contributed by atoms with van der Waals surface area (Å²) in [5.41, 5.74) is 3.27.